The van der Waals surface area contributed by atoms with Crippen LogP contribution in [-0.4, -0.2) is 88.6 Å². The van der Waals surface area contributed by atoms with E-state index in [2.05, 4.69) is 75.7 Å². The Balaban J connectivity index is 1.60. The number of hydrogen-bond acceptors (Lipinski definition) is 7. The van der Waals surface area contributed by atoms with Gasteiger partial charge in [-0.25, -0.2) is 4.39 Å². The van der Waals surface area contributed by atoms with Gasteiger partial charge in [0.15, 0.2) is 0 Å². The van der Waals surface area contributed by atoms with E-state index < -0.39 is 24.2 Å². The largest absolute Gasteiger partial charge is 0.394 e. The minimum absolute atomic E-state index is 0.00136. The van der Waals surface area contributed by atoms with Crippen molar-refractivity contribution in [1.82, 2.24) is 20.2 Å². The van der Waals surface area contributed by atoms with Crippen LogP contribution in [0.15, 0.2) is 42.5 Å². The van der Waals surface area contributed by atoms with Gasteiger partial charge in [0.05, 0.1) is 19.3 Å². The lowest BCUT2D eigenvalue weighted by Crippen LogP contribution is -2.56. The van der Waals surface area contributed by atoms with Crippen LogP contribution < -0.4 is 5.32 Å². The van der Waals surface area contributed by atoms with Gasteiger partial charge in [0.1, 0.15) is 18.0 Å². The van der Waals surface area contributed by atoms with Crippen molar-refractivity contribution >= 4 is 17.5 Å². The van der Waals surface area contributed by atoms with Gasteiger partial charge in [0.2, 0.25) is 5.91 Å². The Morgan fingerprint density at radius 1 is 1.10 bits per heavy atom. The quantitative estimate of drug-likeness (QED) is 0.210. The summed E-state index contributed by atoms with van der Waals surface area (Å²) >= 11 is 6.52. The lowest BCUT2D eigenvalue weighted by molar-refractivity contribution is -0.182. The third-order valence-electron chi connectivity index (χ3n) is 12.1. The van der Waals surface area contributed by atoms with Crippen molar-refractivity contribution in [2.75, 3.05) is 27.2 Å². The molecule has 9 atom stereocenters. The molecule has 1 aliphatic carbocycles. The molecule has 1 saturated heterocycles. The van der Waals surface area contributed by atoms with Crippen LogP contribution in [0.4, 0.5) is 4.39 Å². The number of rotatable bonds is 14. The first kappa shape index (κ1) is 40.7. The van der Waals surface area contributed by atoms with Crippen molar-refractivity contribution in [2.24, 2.45) is 35.0 Å². The number of aliphatic hydroxyl groups is 2. The van der Waals surface area contributed by atoms with E-state index in [9.17, 15) is 15.0 Å². The monoisotopic (exact) mass is 716 g/mol. The van der Waals surface area contributed by atoms with E-state index >= 15 is 4.39 Å². The number of benzene rings is 2. The molecular weight excluding hydrogens is 655 g/mol. The molecule has 2 aromatic carbocycles. The van der Waals surface area contributed by atoms with Gasteiger partial charge in [0, 0.05) is 48.2 Å². The van der Waals surface area contributed by atoms with E-state index in [0.717, 1.165) is 24.1 Å². The minimum Gasteiger partial charge on any atom is -0.394 e. The Morgan fingerprint density at radius 3 is 2.36 bits per heavy atom. The second kappa shape index (κ2) is 17.1. The van der Waals surface area contributed by atoms with Gasteiger partial charge in [-0.3, -0.25) is 14.5 Å². The number of likely N-dealkylation sites (N-methyl/N-ethyl adjacent to an activating group) is 1. The first-order valence-electron chi connectivity index (χ1n) is 18.4. The zero-order chi connectivity index (χ0) is 37.1. The van der Waals surface area contributed by atoms with E-state index in [4.69, 9.17) is 16.4 Å². The summed E-state index contributed by atoms with van der Waals surface area (Å²) in [6.07, 6.45) is -0.709. The molecule has 0 aromatic heterocycles. The number of hydroxylamine groups is 2. The molecule has 4 rings (SSSR count). The van der Waals surface area contributed by atoms with Gasteiger partial charge in [-0.1, -0.05) is 90.4 Å². The Kier molecular flexibility index (Phi) is 13.9. The van der Waals surface area contributed by atoms with Crippen molar-refractivity contribution in [3.05, 3.63) is 70.0 Å². The molecule has 10 heteroatoms. The number of amides is 1. The van der Waals surface area contributed by atoms with Crippen molar-refractivity contribution in [2.45, 2.75) is 112 Å². The fourth-order valence-electron chi connectivity index (χ4n) is 8.25. The highest BCUT2D eigenvalue weighted by atomic mass is 35.5. The number of halogens is 2. The highest BCUT2D eigenvalue weighted by molar-refractivity contribution is 6.31. The SMILES string of the molecule is CC(C)[C@@H](CN(C)C)N(Cc1cccc(CN2O[C@@H](CO)[C@@H]([C@H](C)O)[C@H]2C(=O)N[C@H]2C[C@@H](C)C(C)(C)[C@@H](C)[C@@H]2C)c1)Cc1c(F)cccc1Cl. The van der Waals surface area contributed by atoms with Crippen LogP contribution in [0.1, 0.15) is 78.5 Å². The number of carbonyl (C=O) groups excluding carboxylic acids is 1. The molecule has 280 valence electrons. The second-order valence-electron chi connectivity index (χ2n) is 16.4. The zero-order valence-corrected chi connectivity index (χ0v) is 32.6. The molecule has 8 nitrogen and oxygen atoms in total. The molecule has 0 unspecified atom stereocenters. The average molecular weight is 717 g/mol. The molecule has 0 bridgehead atoms. The molecule has 2 aliphatic rings. The number of carbonyl (C=O) groups is 1. The minimum atomic E-state index is -0.872. The van der Waals surface area contributed by atoms with Gasteiger partial charge in [0.25, 0.3) is 0 Å². The summed E-state index contributed by atoms with van der Waals surface area (Å²) in [4.78, 5) is 24.9. The predicted molar refractivity (Wildman–Crippen MR) is 199 cm³/mol. The molecule has 1 saturated carbocycles. The summed E-state index contributed by atoms with van der Waals surface area (Å²) < 4.78 is 15.1. The molecule has 3 N–H and O–H groups in total. The van der Waals surface area contributed by atoms with Crippen LogP contribution in [0.3, 0.4) is 0 Å². The summed E-state index contributed by atoms with van der Waals surface area (Å²) in [5.41, 5.74) is 2.60. The van der Waals surface area contributed by atoms with E-state index in [1.54, 1.807) is 24.1 Å². The normalized spacial score (nSPS) is 28.4. The Hall–Kier alpha value is -2.11. The number of hydrogen-bond donors (Lipinski definition) is 3. The molecule has 1 amide bonds. The van der Waals surface area contributed by atoms with E-state index in [-0.39, 0.29) is 48.3 Å². The van der Waals surface area contributed by atoms with Crippen LogP contribution in [0.25, 0.3) is 0 Å². The van der Waals surface area contributed by atoms with Gasteiger partial charge in [-0.15, -0.1) is 0 Å². The van der Waals surface area contributed by atoms with Crippen LogP contribution in [0.2, 0.25) is 5.02 Å². The molecule has 0 spiro atoms. The van der Waals surface area contributed by atoms with Crippen molar-refractivity contribution in [3.8, 4) is 0 Å². The highest BCUT2D eigenvalue weighted by Crippen LogP contribution is 2.47. The third-order valence-corrected chi connectivity index (χ3v) is 12.5. The molecule has 1 aliphatic heterocycles. The van der Waals surface area contributed by atoms with Crippen LogP contribution in [0, 0.1) is 40.8 Å². The zero-order valence-electron chi connectivity index (χ0n) is 31.9. The highest BCUT2D eigenvalue weighted by Gasteiger charge is 2.51. The molecule has 50 heavy (non-hydrogen) atoms. The Labute approximate surface area is 305 Å². The number of nitrogens with zero attached hydrogens (tertiary/aromatic N) is 3. The van der Waals surface area contributed by atoms with Crippen LogP contribution >= 0.6 is 11.6 Å². The van der Waals surface area contributed by atoms with E-state index in [0.29, 0.717) is 41.4 Å². The number of aliphatic hydroxyl groups excluding tert-OH is 2. The molecular formula is C40H62ClFN4O4. The average Bonchev–Trinajstić information content (AvgIpc) is 3.41. The Morgan fingerprint density at radius 2 is 1.76 bits per heavy atom. The van der Waals surface area contributed by atoms with Crippen molar-refractivity contribution < 1.29 is 24.2 Å². The standard InChI is InChI=1S/C40H62ClFN4O4/c1-24(2)35(22-44(9)10)45(21-31-32(41)15-12-16-33(31)42)19-29-13-11-14-30(18-29)20-46-38(37(28(6)48)36(23-47)50-46)39(49)43-34-17-25(3)40(7,8)27(5)26(34)4/h11-16,18,24-28,34-38,47-48H,17,19-23H2,1-10H3,(H,43,49)/t25-,26+,27+,28+,34+,35-,36+,37-,38+/m1/s1. The smallest absolute Gasteiger partial charge is 0.240 e. The molecule has 2 fully saturated rings. The van der Waals surface area contributed by atoms with Crippen molar-refractivity contribution in [3.63, 3.8) is 0 Å². The first-order chi connectivity index (χ1) is 23.5. The lowest BCUT2D eigenvalue weighted by atomic mass is 9.58. The maximum Gasteiger partial charge on any atom is 0.240 e. The summed E-state index contributed by atoms with van der Waals surface area (Å²) in [5, 5.41) is 26.6. The fraction of sp³-hybridized carbons (Fsp3) is 0.675. The van der Waals surface area contributed by atoms with E-state index in [1.165, 1.54) is 6.07 Å². The fourth-order valence-corrected chi connectivity index (χ4v) is 8.47. The molecule has 2 aromatic rings. The summed E-state index contributed by atoms with van der Waals surface area (Å²) in [6.45, 7) is 19.1. The second-order valence-corrected chi connectivity index (χ2v) is 16.8. The van der Waals surface area contributed by atoms with Gasteiger partial charge < -0.3 is 20.4 Å². The van der Waals surface area contributed by atoms with Crippen molar-refractivity contribution in [1.29, 1.82) is 0 Å². The lowest BCUT2D eigenvalue weighted by Gasteiger charge is -2.50. The molecule has 1 heterocycles. The Bertz CT molecular complexity index is 1400. The van der Waals surface area contributed by atoms with E-state index in [1.807, 2.05) is 26.2 Å². The summed E-state index contributed by atoms with van der Waals surface area (Å²) in [7, 11) is 4.09. The third kappa shape index (κ3) is 9.27. The maximum absolute atomic E-state index is 15.1. The van der Waals surface area contributed by atoms with Gasteiger partial charge in [-0.2, -0.15) is 5.06 Å². The number of nitrogens with one attached hydrogen (secondary N) is 1. The predicted octanol–water partition coefficient (Wildman–Crippen LogP) is 6.36. The van der Waals surface area contributed by atoms with Crippen LogP contribution in [0.5, 0.6) is 0 Å². The van der Waals surface area contributed by atoms with Gasteiger partial charge >= 0.3 is 0 Å². The van der Waals surface area contributed by atoms with Crippen LogP contribution in [-0.2, 0) is 29.3 Å². The maximum atomic E-state index is 15.1. The van der Waals surface area contributed by atoms with Gasteiger partial charge in [-0.05, 0) is 79.8 Å². The first-order valence-corrected chi connectivity index (χ1v) is 18.8. The molecule has 0 radical (unpaired) electrons. The topological polar surface area (TPSA) is 88.5 Å². The summed E-state index contributed by atoms with van der Waals surface area (Å²) in [6, 6.07) is 12.3. The summed E-state index contributed by atoms with van der Waals surface area (Å²) in [5.74, 6) is 0.302.